The minimum absolute atomic E-state index is 0.0566. The predicted molar refractivity (Wildman–Crippen MR) is 43.6 cm³/mol. The highest BCUT2D eigenvalue weighted by Gasteiger charge is 2.14. The van der Waals surface area contributed by atoms with Gasteiger partial charge in [-0.2, -0.15) is 0 Å². The molecule has 0 aliphatic heterocycles. The largest absolute Gasteiger partial charge is 0.346 e. The van der Waals surface area contributed by atoms with Crippen LogP contribution in [0.3, 0.4) is 0 Å². The van der Waals surface area contributed by atoms with Crippen molar-refractivity contribution in [2.75, 3.05) is 0 Å². The summed E-state index contributed by atoms with van der Waals surface area (Å²) >= 11 is 0. The Balaban J connectivity index is 4.03. The third-order valence-corrected chi connectivity index (χ3v) is 1.48. The Hall–Kier alpha value is -1.19. The first-order chi connectivity index (χ1) is 5.61. The third kappa shape index (κ3) is 3.85. The van der Waals surface area contributed by atoms with E-state index in [1.165, 1.54) is 6.92 Å². The second kappa shape index (κ2) is 5.46. The fraction of sp³-hybridized carbons (Fsp3) is 0.625. The van der Waals surface area contributed by atoms with Crippen LogP contribution in [0.15, 0.2) is 0 Å². The topological polar surface area (TPSA) is 63.2 Å². The molecular formula is C8H13NO3. The molecule has 0 radical (unpaired) electrons. The van der Waals surface area contributed by atoms with Crippen LogP contribution in [0.4, 0.5) is 0 Å². The number of carbonyl (C=O) groups excluding carboxylic acids is 3. The average molecular weight is 171 g/mol. The lowest BCUT2D eigenvalue weighted by molar-refractivity contribution is -0.127. The number of amides is 1. The summed E-state index contributed by atoms with van der Waals surface area (Å²) in [7, 11) is 0. The van der Waals surface area contributed by atoms with Crippen LogP contribution in [0, 0.1) is 0 Å². The van der Waals surface area contributed by atoms with E-state index in [0.717, 1.165) is 0 Å². The quantitative estimate of drug-likeness (QED) is 0.595. The summed E-state index contributed by atoms with van der Waals surface area (Å²) in [6.45, 7) is 3.04. The van der Waals surface area contributed by atoms with Gasteiger partial charge in [0.05, 0.1) is 6.04 Å². The van der Waals surface area contributed by atoms with E-state index >= 15 is 0 Å². The van der Waals surface area contributed by atoms with Gasteiger partial charge in [0.25, 0.3) is 0 Å². The van der Waals surface area contributed by atoms with Crippen molar-refractivity contribution >= 4 is 18.0 Å². The van der Waals surface area contributed by atoms with Gasteiger partial charge in [-0.05, 0) is 6.92 Å². The fourth-order valence-corrected chi connectivity index (χ4v) is 0.719. The summed E-state index contributed by atoms with van der Waals surface area (Å²) in [6.07, 6.45) is 1.01. The number of nitrogens with one attached hydrogen (secondary N) is 1. The van der Waals surface area contributed by atoms with Crippen molar-refractivity contribution in [2.45, 2.75) is 32.7 Å². The molecule has 0 saturated carbocycles. The number of carbonyl (C=O) groups is 3. The van der Waals surface area contributed by atoms with E-state index in [9.17, 15) is 14.4 Å². The molecule has 12 heavy (non-hydrogen) atoms. The normalized spacial score (nSPS) is 11.8. The highest BCUT2D eigenvalue weighted by molar-refractivity contribution is 5.88. The van der Waals surface area contributed by atoms with Crippen molar-refractivity contribution in [3.63, 3.8) is 0 Å². The molecule has 0 aromatic heterocycles. The van der Waals surface area contributed by atoms with Crippen LogP contribution >= 0.6 is 0 Å². The van der Waals surface area contributed by atoms with Gasteiger partial charge < -0.3 is 10.1 Å². The van der Waals surface area contributed by atoms with E-state index in [2.05, 4.69) is 5.32 Å². The predicted octanol–water partition coefficient (Wildman–Crippen LogP) is 0.0592. The number of hydrogen-bond acceptors (Lipinski definition) is 3. The van der Waals surface area contributed by atoms with Crippen molar-refractivity contribution < 1.29 is 14.4 Å². The Bertz CT molecular complexity index is 189. The summed E-state index contributed by atoms with van der Waals surface area (Å²) in [4.78, 5) is 31.7. The van der Waals surface area contributed by atoms with Crippen molar-refractivity contribution in [3.8, 4) is 0 Å². The second-order valence-corrected chi connectivity index (χ2v) is 2.49. The zero-order valence-corrected chi connectivity index (χ0v) is 7.29. The van der Waals surface area contributed by atoms with Crippen molar-refractivity contribution in [3.05, 3.63) is 0 Å². The molecule has 0 aromatic carbocycles. The van der Waals surface area contributed by atoms with Crippen LogP contribution in [0.5, 0.6) is 0 Å². The average Bonchev–Trinajstić information content (AvgIpc) is 2.03. The Morgan fingerprint density at radius 1 is 1.50 bits per heavy atom. The van der Waals surface area contributed by atoms with E-state index in [4.69, 9.17) is 0 Å². The molecule has 0 aliphatic carbocycles. The maximum absolute atomic E-state index is 10.8. The first-order valence-electron chi connectivity index (χ1n) is 3.85. The van der Waals surface area contributed by atoms with Crippen LogP contribution in [-0.4, -0.2) is 24.0 Å². The van der Waals surface area contributed by atoms with Crippen LogP contribution in [-0.2, 0) is 14.4 Å². The van der Waals surface area contributed by atoms with Crippen LogP contribution in [0.25, 0.3) is 0 Å². The summed E-state index contributed by atoms with van der Waals surface area (Å²) in [6, 6.07) is -0.644. The molecule has 0 spiro atoms. The minimum Gasteiger partial charge on any atom is -0.346 e. The number of rotatable bonds is 5. The highest BCUT2D eigenvalue weighted by Crippen LogP contribution is 1.91. The zero-order chi connectivity index (χ0) is 9.56. The van der Waals surface area contributed by atoms with Gasteiger partial charge in [0.1, 0.15) is 6.29 Å². The summed E-state index contributed by atoms with van der Waals surface area (Å²) in [5.74, 6) is -0.402. The maximum Gasteiger partial charge on any atom is 0.220 e. The number of hydrogen-bond donors (Lipinski definition) is 1. The molecule has 4 heteroatoms. The van der Waals surface area contributed by atoms with Crippen LogP contribution in [0.1, 0.15) is 26.7 Å². The molecule has 0 aliphatic rings. The molecule has 0 saturated heterocycles. The molecule has 0 rings (SSSR count). The SMILES string of the molecule is CCC(=O)N[C@@H](CC=O)C(C)=O. The molecule has 1 N–H and O–H groups in total. The molecule has 4 nitrogen and oxygen atoms in total. The third-order valence-electron chi connectivity index (χ3n) is 1.48. The lowest BCUT2D eigenvalue weighted by Gasteiger charge is -2.11. The van der Waals surface area contributed by atoms with E-state index in [1.807, 2.05) is 0 Å². The summed E-state index contributed by atoms with van der Waals surface area (Å²) in [5.41, 5.74) is 0. The monoisotopic (exact) mass is 171 g/mol. The van der Waals surface area contributed by atoms with Crippen molar-refractivity contribution in [1.82, 2.24) is 5.32 Å². The molecule has 0 heterocycles. The Morgan fingerprint density at radius 3 is 2.42 bits per heavy atom. The first-order valence-corrected chi connectivity index (χ1v) is 3.85. The van der Waals surface area contributed by atoms with Gasteiger partial charge in [-0.15, -0.1) is 0 Å². The van der Waals surface area contributed by atoms with E-state index in [1.54, 1.807) is 6.92 Å². The zero-order valence-electron chi connectivity index (χ0n) is 7.29. The number of aldehydes is 1. The summed E-state index contributed by atoms with van der Waals surface area (Å²) in [5, 5.41) is 2.45. The van der Waals surface area contributed by atoms with Gasteiger partial charge in [-0.25, -0.2) is 0 Å². The van der Waals surface area contributed by atoms with Crippen LogP contribution < -0.4 is 5.32 Å². The fourth-order valence-electron chi connectivity index (χ4n) is 0.719. The van der Waals surface area contributed by atoms with Crippen molar-refractivity contribution in [2.24, 2.45) is 0 Å². The molecule has 0 fully saturated rings. The standard InChI is InChI=1S/C8H13NO3/c1-3-8(12)9-7(4-5-10)6(2)11/h5,7H,3-4H2,1-2H3,(H,9,12)/t7-/m0/s1. The lowest BCUT2D eigenvalue weighted by atomic mass is 10.1. The van der Waals surface area contributed by atoms with Gasteiger partial charge in [0.2, 0.25) is 5.91 Å². The van der Waals surface area contributed by atoms with Gasteiger partial charge in [-0.1, -0.05) is 6.92 Å². The van der Waals surface area contributed by atoms with Gasteiger partial charge >= 0.3 is 0 Å². The number of ketones is 1. The number of Topliss-reactive ketones (excluding diaryl/α,β-unsaturated/α-hetero) is 1. The summed E-state index contributed by atoms with van der Waals surface area (Å²) < 4.78 is 0. The van der Waals surface area contributed by atoms with Gasteiger partial charge in [0, 0.05) is 12.8 Å². The Morgan fingerprint density at radius 2 is 2.08 bits per heavy atom. The smallest absolute Gasteiger partial charge is 0.220 e. The molecule has 0 bridgehead atoms. The van der Waals surface area contributed by atoms with Crippen molar-refractivity contribution in [1.29, 1.82) is 0 Å². The first kappa shape index (κ1) is 10.8. The Kier molecular flexibility index (Phi) is 4.92. The maximum atomic E-state index is 10.8. The molecular weight excluding hydrogens is 158 g/mol. The highest BCUT2D eigenvalue weighted by atomic mass is 16.2. The van der Waals surface area contributed by atoms with E-state index in [0.29, 0.717) is 12.7 Å². The van der Waals surface area contributed by atoms with E-state index < -0.39 is 6.04 Å². The van der Waals surface area contributed by atoms with Crippen LogP contribution in [0.2, 0.25) is 0 Å². The molecule has 1 atom stereocenters. The second-order valence-electron chi connectivity index (χ2n) is 2.49. The molecule has 0 aromatic rings. The Labute approximate surface area is 71.3 Å². The van der Waals surface area contributed by atoms with E-state index in [-0.39, 0.29) is 18.1 Å². The van der Waals surface area contributed by atoms with Gasteiger partial charge in [-0.3, -0.25) is 9.59 Å². The minimum atomic E-state index is -0.644. The molecule has 1 amide bonds. The lowest BCUT2D eigenvalue weighted by Crippen LogP contribution is -2.39. The molecule has 68 valence electrons. The molecule has 0 unspecified atom stereocenters. The van der Waals surface area contributed by atoms with Gasteiger partial charge in [0.15, 0.2) is 5.78 Å².